The second kappa shape index (κ2) is 6.29. The molecular formula is C14H15N3O5S. The molecule has 0 fully saturated rings. The van der Waals surface area contributed by atoms with Crippen molar-refractivity contribution in [2.24, 2.45) is 0 Å². The molecule has 23 heavy (non-hydrogen) atoms. The summed E-state index contributed by atoms with van der Waals surface area (Å²) < 4.78 is 43.2. The number of fused-ring (bicyclic) bond motifs is 1. The van der Waals surface area contributed by atoms with Gasteiger partial charge in [-0.1, -0.05) is 0 Å². The number of benzene rings is 1. The average Bonchev–Trinajstić information content (AvgIpc) is 2.54. The lowest BCUT2D eigenvalue weighted by Gasteiger charge is -2.19. The van der Waals surface area contributed by atoms with Crippen molar-refractivity contribution in [3.8, 4) is 17.4 Å². The summed E-state index contributed by atoms with van der Waals surface area (Å²) in [6, 6.07) is 4.41. The van der Waals surface area contributed by atoms with Gasteiger partial charge in [-0.2, -0.15) is 4.98 Å². The first-order chi connectivity index (χ1) is 11.1. The number of anilines is 1. The van der Waals surface area contributed by atoms with Crippen molar-refractivity contribution in [1.82, 2.24) is 9.97 Å². The molecule has 0 atom stereocenters. The van der Waals surface area contributed by atoms with Crippen molar-refractivity contribution in [1.29, 1.82) is 0 Å². The molecule has 2 aromatic rings. The Morgan fingerprint density at radius 3 is 2.78 bits per heavy atom. The van der Waals surface area contributed by atoms with Gasteiger partial charge >= 0.3 is 0 Å². The Hall–Kier alpha value is -2.55. The highest BCUT2D eigenvalue weighted by atomic mass is 32.2. The van der Waals surface area contributed by atoms with Gasteiger partial charge in [0, 0.05) is 6.07 Å². The van der Waals surface area contributed by atoms with Gasteiger partial charge in [-0.25, -0.2) is 8.42 Å². The van der Waals surface area contributed by atoms with E-state index in [-0.39, 0.29) is 16.6 Å². The third-order valence-corrected chi connectivity index (χ3v) is 4.32. The van der Waals surface area contributed by atoms with Crippen LogP contribution in [-0.4, -0.2) is 38.2 Å². The van der Waals surface area contributed by atoms with Gasteiger partial charge in [0.15, 0.2) is 17.3 Å². The van der Waals surface area contributed by atoms with Crippen LogP contribution in [0.2, 0.25) is 0 Å². The molecule has 8 nitrogen and oxygen atoms in total. The molecule has 1 aromatic heterocycles. The molecule has 0 radical (unpaired) electrons. The van der Waals surface area contributed by atoms with Gasteiger partial charge in [-0.05, 0) is 19.1 Å². The maximum absolute atomic E-state index is 12.4. The highest BCUT2D eigenvalue weighted by molar-refractivity contribution is 7.92. The van der Waals surface area contributed by atoms with Crippen LogP contribution >= 0.6 is 0 Å². The van der Waals surface area contributed by atoms with E-state index in [1.807, 2.05) is 0 Å². The van der Waals surface area contributed by atoms with Gasteiger partial charge in [0.05, 0.1) is 23.9 Å². The molecule has 0 unspecified atom stereocenters. The van der Waals surface area contributed by atoms with Crippen molar-refractivity contribution in [3.63, 3.8) is 0 Å². The molecule has 9 heteroatoms. The molecule has 0 saturated carbocycles. The Balaban J connectivity index is 1.85. The van der Waals surface area contributed by atoms with Crippen LogP contribution in [-0.2, 0) is 10.0 Å². The first-order valence-corrected chi connectivity index (χ1v) is 8.44. The van der Waals surface area contributed by atoms with Gasteiger partial charge in [0.1, 0.15) is 13.2 Å². The number of sulfonamides is 1. The van der Waals surface area contributed by atoms with Crippen LogP contribution in [0.4, 0.5) is 5.82 Å². The summed E-state index contributed by atoms with van der Waals surface area (Å²) in [4.78, 5) is 7.97. The summed E-state index contributed by atoms with van der Waals surface area (Å²) in [6.07, 6.45) is 2.71. The van der Waals surface area contributed by atoms with Crippen LogP contribution in [0.1, 0.15) is 6.92 Å². The van der Waals surface area contributed by atoms with E-state index < -0.39 is 10.0 Å². The Labute approximate surface area is 133 Å². The van der Waals surface area contributed by atoms with Crippen LogP contribution in [0.25, 0.3) is 0 Å². The van der Waals surface area contributed by atoms with Crippen molar-refractivity contribution in [2.45, 2.75) is 11.8 Å². The number of aromatic nitrogens is 2. The minimum atomic E-state index is -3.82. The zero-order valence-corrected chi connectivity index (χ0v) is 13.2. The Kier molecular flexibility index (Phi) is 4.20. The van der Waals surface area contributed by atoms with E-state index in [2.05, 4.69) is 14.7 Å². The van der Waals surface area contributed by atoms with E-state index in [0.29, 0.717) is 31.3 Å². The molecule has 0 spiro atoms. The Morgan fingerprint density at radius 1 is 1.22 bits per heavy atom. The minimum absolute atomic E-state index is 0.0466. The van der Waals surface area contributed by atoms with Gasteiger partial charge in [-0.3, -0.25) is 9.71 Å². The second-order valence-electron chi connectivity index (χ2n) is 4.59. The number of nitrogens with one attached hydrogen (secondary N) is 1. The number of ether oxygens (including phenoxy) is 3. The summed E-state index contributed by atoms with van der Waals surface area (Å²) >= 11 is 0. The molecule has 122 valence electrons. The SMILES string of the molecule is CCOc1cncc(NS(=O)(=O)c2ccc3c(c2)OCCO3)n1. The largest absolute Gasteiger partial charge is 0.486 e. The second-order valence-corrected chi connectivity index (χ2v) is 6.27. The highest BCUT2D eigenvalue weighted by Crippen LogP contribution is 2.32. The molecule has 3 rings (SSSR count). The van der Waals surface area contributed by atoms with Crippen molar-refractivity contribution < 1.29 is 22.6 Å². The number of rotatable bonds is 5. The van der Waals surface area contributed by atoms with E-state index in [0.717, 1.165) is 0 Å². The molecule has 1 aliphatic rings. The van der Waals surface area contributed by atoms with Crippen LogP contribution in [0.5, 0.6) is 17.4 Å². The monoisotopic (exact) mass is 337 g/mol. The smallest absolute Gasteiger partial charge is 0.263 e. The van der Waals surface area contributed by atoms with Crippen LogP contribution in [0.3, 0.4) is 0 Å². The standard InChI is InChI=1S/C14H15N3O5S/c1-2-20-14-9-15-8-13(16-14)17-23(18,19)10-3-4-11-12(7-10)22-6-5-21-11/h3-4,7-9H,2,5-6H2,1H3,(H,16,17). The van der Waals surface area contributed by atoms with Gasteiger partial charge in [0.25, 0.3) is 10.0 Å². The lowest BCUT2D eigenvalue weighted by Crippen LogP contribution is -2.18. The van der Waals surface area contributed by atoms with E-state index in [4.69, 9.17) is 14.2 Å². The molecule has 0 amide bonds. The van der Waals surface area contributed by atoms with E-state index in [9.17, 15) is 8.42 Å². The maximum atomic E-state index is 12.4. The predicted molar refractivity (Wildman–Crippen MR) is 81.4 cm³/mol. The Bertz CT molecular complexity index is 810. The number of hydrogen-bond acceptors (Lipinski definition) is 7. The third-order valence-electron chi connectivity index (χ3n) is 2.97. The van der Waals surface area contributed by atoms with Crippen LogP contribution < -0.4 is 18.9 Å². The minimum Gasteiger partial charge on any atom is -0.486 e. The Morgan fingerprint density at radius 2 is 2.00 bits per heavy atom. The van der Waals surface area contributed by atoms with Crippen LogP contribution in [0, 0.1) is 0 Å². The maximum Gasteiger partial charge on any atom is 0.263 e. The fourth-order valence-electron chi connectivity index (χ4n) is 2.00. The summed E-state index contributed by atoms with van der Waals surface area (Å²) in [6.45, 7) is 3.03. The first-order valence-electron chi connectivity index (χ1n) is 6.96. The normalized spacial score (nSPS) is 13.4. The zero-order valence-electron chi connectivity index (χ0n) is 12.4. The molecule has 0 bridgehead atoms. The molecule has 1 aliphatic heterocycles. The quantitative estimate of drug-likeness (QED) is 0.881. The van der Waals surface area contributed by atoms with Crippen molar-refractivity contribution in [2.75, 3.05) is 24.5 Å². The number of hydrogen-bond donors (Lipinski definition) is 1. The van der Waals surface area contributed by atoms with E-state index in [1.54, 1.807) is 13.0 Å². The van der Waals surface area contributed by atoms with Gasteiger partial charge < -0.3 is 14.2 Å². The molecular weight excluding hydrogens is 322 g/mol. The van der Waals surface area contributed by atoms with Crippen molar-refractivity contribution in [3.05, 3.63) is 30.6 Å². The molecule has 1 aromatic carbocycles. The fourth-order valence-corrected chi connectivity index (χ4v) is 3.00. The average molecular weight is 337 g/mol. The summed E-state index contributed by atoms with van der Waals surface area (Å²) in [5.41, 5.74) is 0. The van der Waals surface area contributed by atoms with Gasteiger partial charge in [-0.15, -0.1) is 0 Å². The summed E-state index contributed by atoms with van der Waals surface area (Å²) in [7, 11) is -3.82. The molecule has 0 aliphatic carbocycles. The first kappa shape index (κ1) is 15.3. The molecule has 1 N–H and O–H groups in total. The fraction of sp³-hybridized carbons (Fsp3) is 0.286. The summed E-state index contributed by atoms with van der Waals surface area (Å²) in [5, 5.41) is 0. The van der Waals surface area contributed by atoms with E-state index in [1.165, 1.54) is 24.5 Å². The predicted octanol–water partition coefficient (Wildman–Crippen LogP) is 1.45. The number of nitrogens with zero attached hydrogens (tertiary/aromatic N) is 2. The lowest BCUT2D eigenvalue weighted by molar-refractivity contribution is 0.171. The summed E-state index contributed by atoms with van der Waals surface area (Å²) in [5.74, 6) is 1.24. The van der Waals surface area contributed by atoms with Crippen molar-refractivity contribution >= 4 is 15.8 Å². The molecule has 2 heterocycles. The van der Waals surface area contributed by atoms with E-state index >= 15 is 0 Å². The zero-order chi connectivity index (χ0) is 16.3. The third kappa shape index (κ3) is 3.45. The lowest BCUT2D eigenvalue weighted by atomic mass is 10.3. The topological polar surface area (TPSA) is 99.6 Å². The molecule has 0 saturated heterocycles. The highest BCUT2D eigenvalue weighted by Gasteiger charge is 2.20. The van der Waals surface area contributed by atoms with Gasteiger partial charge in [0.2, 0.25) is 5.88 Å². The van der Waals surface area contributed by atoms with Crippen LogP contribution in [0.15, 0.2) is 35.5 Å².